The molecular formula is C11H17NO3S. The molecule has 1 aromatic rings. The van der Waals surface area contributed by atoms with Crippen molar-refractivity contribution in [3.8, 4) is 5.88 Å². The van der Waals surface area contributed by atoms with Gasteiger partial charge in [0, 0.05) is 0 Å². The minimum Gasteiger partial charge on any atom is -0.477 e. The Bertz CT molecular complexity index is 349. The summed E-state index contributed by atoms with van der Waals surface area (Å²) in [6.45, 7) is 4.47. The molecule has 0 bridgehead atoms. The van der Waals surface area contributed by atoms with E-state index in [4.69, 9.17) is 9.84 Å². The molecule has 0 aliphatic rings. The maximum absolute atomic E-state index is 10.9. The number of ether oxygens (including phenoxy) is 1. The SMILES string of the molecule is CCCCCCOc1nc(C)sc1C(=O)O. The largest absolute Gasteiger partial charge is 0.477 e. The lowest BCUT2D eigenvalue weighted by Gasteiger charge is -2.03. The first-order valence-electron chi connectivity index (χ1n) is 5.48. The lowest BCUT2D eigenvalue weighted by molar-refractivity contribution is 0.0697. The van der Waals surface area contributed by atoms with Crippen LogP contribution in [0.1, 0.15) is 47.3 Å². The fraction of sp³-hybridized carbons (Fsp3) is 0.636. The first-order chi connectivity index (χ1) is 7.65. The molecule has 0 atom stereocenters. The minimum absolute atomic E-state index is 0.202. The van der Waals surface area contributed by atoms with Crippen LogP contribution in [0.3, 0.4) is 0 Å². The maximum Gasteiger partial charge on any atom is 0.351 e. The summed E-state index contributed by atoms with van der Waals surface area (Å²) < 4.78 is 5.38. The second-order valence-corrected chi connectivity index (χ2v) is 4.78. The molecule has 1 aromatic heterocycles. The molecule has 0 aliphatic heterocycles. The molecule has 0 unspecified atom stereocenters. The number of rotatable bonds is 7. The summed E-state index contributed by atoms with van der Waals surface area (Å²) in [4.78, 5) is 15.1. The summed E-state index contributed by atoms with van der Waals surface area (Å²) in [5.41, 5.74) is 0. The number of carbonyl (C=O) groups is 1. The van der Waals surface area contributed by atoms with E-state index in [1.807, 2.05) is 0 Å². The molecule has 1 rings (SSSR count). The lowest BCUT2D eigenvalue weighted by Crippen LogP contribution is -2.02. The number of carboxylic acids is 1. The van der Waals surface area contributed by atoms with Gasteiger partial charge in [0.2, 0.25) is 5.88 Å². The second kappa shape index (κ2) is 6.48. The van der Waals surface area contributed by atoms with E-state index in [0.29, 0.717) is 6.61 Å². The van der Waals surface area contributed by atoms with E-state index in [1.165, 1.54) is 12.8 Å². The molecular weight excluding hydrogens is 226 g/mol. The predicted molar refractivity (Wildman–Crippen MR) is 63.4 cm³/mol. The van der Waals surface area contributed by atoms with Gasteiger partial charge in [0.05, 0.1) is 11.6 Å². The monoisotopic (exact) mass is 243 g/mol. The summed E-state index contributed by atoms with van der Waals surface area (Å²) in [7, 11) is 0. The number of aryl methyl sites for hydroxylation is 1. The second-order valence-electron chi connectivity index (χ2n) is 3.58. The number of carboxylic acid groups (broad SMARTS) is 1. The zero-order valence-electron chi connectivity index (χ0n) is 9.65. The Morgan fingerprint density at radius 3 is 2.81 bits per heavy atom. The van der Waals surface area contributed by atoms with Crippen molar-refractivity contribution in [2.45, 2.75) is 39.5 Å². The molecule has 5 heteroatoms. The average Bonchev–Trinajstić information content (AvgIpc) is 2.59. The lowest BCUT2D eigenvalue weighted by atomic mass is 10.2. The molecule has 0 aromatic carbocycles. The van der Waals surface area contributed by atoms with Gasteiger partial charge in [-0.25, -0.2) is 9.78 Å². The Kier molecular flexibility index (Phi) is 5.25. The highest BCUT2D eigenvalue weighted by molar-refractivity contribution is 7.13. The average molecular weight is 243 g/mol. The highest BCUT2D eigenvalue weighted by Crippen LogP contribution is 2.24. The zero-order chi connectivity index (χ0) is 12.0. The van der Waals surface area contributed by atoms with Crippen molar-refractivity contribution in [2.75, 3.05) is 6.61 Å². The number of aromatic nitrogens is 1. The molecule has 90 valence electrons. The Balaban J connectivity index is 2.44. The van der Waals surface area contributed by atoms with E-state index < -0.39 is 5.97 Å². The van der Waals surface area contributed by atoms with Crippen molar-refractivity contribution in [1.29, 1.82) is 0 Å². The number of nitrogens with zero attached hydrogens (tertiary/aromatic N) is 1. The van der Waals surface area contributed by atoms with Crippen LogP contribution in [0, 0.1) is 6.92 Å². The quantitative estimate of drug-likeness (QED) is 0.747. The van der Waals surface area contributed by atoms with Crippen LogP contribution in [0.2, 0.25) is 0 Å². The number of aromatic carboxylic acids is 1. The molecule has 0 spiro atoms. The molecule has 0 saturated heterocycles. The van der Waals surface area contributed by atoms with Crippen molar-refractivity contribution in [1.82, 2.24) is 4.98 Å². The molecule has 0 fully saturated rings. The van der Waals surface area contributed by atoms with E-state index in [-0.39, 0.29) is 10.8 Å². The van der Waals surface area contributed by atoms with Crippen LogP contribution in [0.25, 0.3) is 0 Å². The van der Waals surface area contributed by atoms with Crippen LogP contribution >= 0.6 is 11.3 Å². The number of thiazole rings is 1. The highest BCUT2D eigenvalue weighted by Gasteiger charge is 2.16. The molecule has 0 amide bonds. The van der Waals surface area contributed by atoms with Gasteiger partial charge in [-0.3, -0.25) is 0 Å². The maximum atomic E-state index is 10.9. The van der Waals surface area contributed by atoms with Crippen LogP contribution in [0.4, 0.5) is 0 Å². The van der Waals surface area contributed by atoms with Gasteiger partial charge >= 0.3 is 5.97 Å². The van der Waals surface area contributed by atoms with Gasteiger partial charge < -0.3 is 9.84 Å². The van der Waals surface area contributed by atoms with Gasteiger partial charge in [0.25, 0.3) is 0 Å². The molecule has 0 saturated carbocycles. The van der Waals surface area contributed by atoms with Crippen LogP contribution in [0.15, 0.2) is 0 Å². The smallest absolute Gasteiger partial charge is 0.351 e. The third kappa shape index (κ3) is 3.81. The molecule has 0 radical (unpaired) electrons. The summed E-state index contributed by atoms with van der Waals surface area (Å²) >= 11 is 1.16. The van der Waals surface area contributed by atoms with E-state index in [2.05, 4.69) is 11.9 Å². The van der Waals surface area contributed by atoms with Gasteiger partial charge in [0.1, 0.15) is 0 Å². The summed E-state index contributed by atoms with van der Waals surface area (Å²) in [6, 6.07) is 0. The van der Waals surface area contributed by atoms with Crippen molar-refractivity contribution in [3.05, 3.63) is 9.88 Å². The Morgan fingerprint density at radius 1 is 1.44 bits per heavy atom. The van der Waals surface area contributed by atoms with Gasteiger partial charge in [-0.1, -0.05) is 26.2 Å². The molecule has 1 heterocycles. The molecule has 1 N–H and O–H groups in total. The van der Waals surface area contributed by atoms with Gasteiger partial charge in [-0.2, -0.15) is 0 Å². The topological polar surface area (TPSA) is 59.4 Å². The summed E-state index contributed by atoms with van der Waals surface area (Å²) in [6.07, 6.45) is 4.42. The normalized spacial score (nSPS) is 10.4. The van der Waals surface area contributed by atoms with E-state index >= 15 is 0 Å². The Morgan fingerprint density at radius 2 is 2.19 bits per heavy atom. The van der Waals surface area contributed by atoms with Crippen LogP contribution in [-0.2, 0) is 0 Å². The summed E-state index contributed by atoms with van der Waals surface area (Å²) in [5.74, 6) is -0.694. The van der Waals surface area contributed by atoms with Crippen molar-refractivity contribution in [3.63, 3.8) is 0 Å². The van der Waals surface area contributed by atoms with Crippen LogP contribution in [0.5, 0.6) is 5.88 Å². The number of hydrogen-bond acceptors (Lipinski definition) is 4. The van der Waals surface area contributed by atoms with Crippen molar-refractivity contribution in [2.24, 2.45) is 0 Å². The number of hydrogen-bond donors (Lipinski definition) is 1. The van der Waals surface area contributed by atoms with E-state index in [1.54, 1.807) is 6.92 Å². The number of unbranched alkanes of at least 4 members (excludes halogenated alkanes) is 3. The standard InChI is InChI=1S/C11H17NO3S/c1-3-4-5-6-7-15-10-9(11(13)14)16-8(2)12-10/h3-7H2,1-2H3,(H,13,14). The summed E-state index contributed by atoms with van der Waals surface area (Å²) in [5, 5.41) is 9.63. The van der Waals surface area contributed by atoms with Gasteiger partial charge in [-0.05, 0) is 13.3 Å². The third-order valence-electron chi connectivity index (χ3n) is 2.13. The van der Waals surface area contributed by atoms with Gasteiger partial charge in [0.15, 0.2) is 4.88 Å². The molecule has 0 aliphatic carbocycles. The van der Waals surface area contributed by atoms with Gasteiger partial charge in [-0.15, -0.1) is 11.3 Å². The first-order valence-corrected chi connectivity index (χ1v) is 6.30. The zero-order valence-corrected chi connectivity index (χ0v) is 10.5. The third-order valence-corrected chi connectivity index (χ3v) is 3.07. The van der Waals surface area contributed by atoms with E-state index in [9.17, 15) is 4.79 Å². The predicted octanol–water partition coefficient (Wildman–Crippen LogP) is 3.11. The van der Waals surface area contributed by atoms with Crippen molar-refractivity contribution < 1.29 is 14.6 Å². The van der Waals surface area contributed by atoms with Crippen LogP contribution in [-0.4, -0.2) is 22.7 Å². The molecule has 16 heavy (non-hydrogen) atoms. The Hall–Kier alpha value is -1.10. The van der Waals surface area contributed by atoms with Crippen molar-refractivity contribution >= 4 is 17.3 Å². The fourth-order valence-corrected chi connectivity index (χ4v) is 2.04. The van der Waals surface area contributed by atoms with E-state index in [0.717, 1.165) is 29.2 Å². The fourth-order valence-electron chi connectivity index (χ4n) is 1.34. The highest BCUT2D eigenvalue weighted by atomic mass is 32.1. The minimum atomic E-state index is -0.964. The first kappa shape index (κ1) is 13.0. The molecule has 4 nitrogen and oxygen atoms in total. The Labute approximate surface area is 99.3 Å². The van der Waals surface area contributed by atoms with Crippen LogP contribution < -0.4 is 4.74 Å².